The monoisotopic (exact) mass is 535 g/mol. The first kappa shape index (κ1) is 29.4. The number of hydrogen-bond donors (Lipinski definition) is 0. The van der Waals surface area contributed by atoms with E-state index in [1.807, 2.05) is 0 Å². The summed E-state index contributed by atoms with van der Waals surface area (Å²) >= 11 is 0. The van der Waals surface area contributed by atoms with Crippen LogP contribution in [0.1, 0.15) is 20.8 Å². The van der Waals surface area contributed by atoms with Crippen molar-refractivity contribution < 1.29 is 65.5 Å². The van der Waals surface area contributed by atoms with Crippen LogP contribution in [0.25, 0.3) is 0 Å². The predicted molar refractivity (Wildman–Crippen MR) is 115 cm³/mol. The van der Waals surface area contributed by atoms with Crippen molar-refractivity contribution >= 4 is 35.5 Å². The summed E-state index contributed by atoms with van der Waals surface area (Å²) in [7, 11) is 2.29. The number of ether oxygens (including phenoxy) is 7. The van der Waals surface area contributed by atoms with E-state index in [1.165, 1.54) is 31.4 Å². The van der Waals surface area contributed by atoms with Gasteiger partial charge in [0.25, 0.3) is 5.90 Å². The summed E-state index contributed by atoms with van der Waals surface area (Å²) in [5.74, 6) is -5.74. The molecule has 0 spiro atoms. The van der Waals surface area contributed by atoms with Crippen molar-refractivity contribution in [2.45, 2.75) is 57.7 Å². The number of methoxy groups -OCH3 is 2. The Hall–Kier alpha value is -3.88. The van der Waals surface area contributed by atoms with E-state index < -0.39 is 66.7 Å². The van der Waals surface area contributed by atoms with Crippen molar-refractivity contribution in [3.63, 3.8) is 0 Å². The van der Waals surface area contributed by atoms with Gasteiger partial charge in [0.1, 0.15) is 5.75 Å². The van der Waals surface area contributed by atoms with Crippen LogP contribution in [0.5, 0.6) is 5.75 Å². The van der Waals surface area contributed by atoms with Crippen LogP contribution in [-0.4, -0.2) is 80.9 Å². The number of carbonyl (C=O) groups is 4. The first-order valence-electron chi connectivity index (χ1n) is 10.5. The highest BCUT2D eigenvalue weighted by Crippen LogP contribution is 2.33. The van der Waals surface area contributed by atoms with Gasteiger partial charge in [0.05, 0.1) is 19.9 Å². The molecule has 0 N–H and O–H groups in total. The summed E-state index contributed by atoms with van der Waals surface area (Å²) in [5.41, 5.74) is -0.202. The van der Waals surface area contributed by atoms with Gasteiger partial charge in [-0.15, -0.1) is 0 Å². The second-order valence-electron chi connectivity index (χ2n) is 7.40. The number of carbonyl (C=O) groups excluding carboxylic acids is 4. The van der Waals surface area contributed by atoms with E-state index in [-0.39, 0.29) is 5.69 Å². The third-order valence-electron chi connectivity index (χ3n) is 4.61. The van der Waals surface area contributed by atoms with Crippen molar-refractivity contribution in [3.8, 4) is 5.75 Å². The summed E-state index contributed by atoms with van der Waals surface area (Å²) < 4.78 is 76.7. The normalized spacial score (nSPS) is 23.9. The van der Waals surface area contributed by atoms with Crippen LogP contribution in [0, 0.1) is 0 Å². The summed E-state index contributed by atoms with van der Waals surface area (Å²) in [6.45, 7) is 2.79. The predicted octanol–water partition coefficient (Wildman–Crippen LogP) is 2.00. The SMILES string of the molecule is COC(=O)[C@@H]1O[C@@H](OC(=Nc2ccc(OC)cc2)C(F)(F)F)[C@H](OC(C)=O)[C@@H](OC(C)=O)[C@@H]1OC(C)=O. The Bertz CT molecular complexity index is 1030. The van der Waals surface area contributed by atoms with Crippen molar-refractivity contribution in [1.82, 2.24) is 0 Å². The van der Waals surface area contributed by atoms with Gasteiger partial charge in [-0.05, 0) is 24.3 Å². The number of aliphatic imine (C=N–C) groups is 1. The van der Waals surface area contributed by atoms with Gasteiger partial charge in [-0.25, -0.2) is 9.79 Å². The number of nitrogens with zero attached hydrogens (tertiary/aromatic N) is 1. The minimum absolute atomic E-state index is 0.202. The van der Waals surface area contributed by atoms with Crippen LogP contribution in [-0.2, 0) is 47.6 Å². The molecule has 0 radical (unpaired) electrons. The Morgan fingerprint density at radius 2 is 1.32 bits per heavy atom. The number of alkyl halides is 3. The van der Waals surface area contributed by atoms with Gasteiger partial charge in [-0.2, -0.15) is 13.2 Å². The zero-order valence-electron chi connectivity index (χ0n) is 20.3. The Morgan fingerprint density at radius 3 is 1.78 bits per heavy atom. The summed E-state index contributed by atoms with van der Waals surface area (Å²) in [4.78, 5) is 51.1. The van der Waals surface area contributed by atoms with Crippen LogP contribution in [0.3, 0.4) is 0 Å². The average Bonchev–Trinajstić information content (AvgIpc) is 2.80. The molecule has 0 aromatic heterocycles. The van der Waals surface area contributed by atoms with E-state index in [9.17, 15) is 32.3 Å². The first-order chi connectivity index (χ1) is 17.3. The van der Waals surface area contributed by atoms with Gasteiger partial charge in [0.15, 0.2) is 18.3 Å². The summed E-state index contributed by atoms with van der Waals surface area (Å²) in [6.07, 6.45) is -14.9. The Kier molecular flexibility index (Phi) is 9.82. The molecule has 37 heavy (non-hydrogen) atoms. The van der Waals surface area contributed by atoms with Gasteiger partial charge in [0, 0.05) is 20.8 Å². The molecule has 204 valence electrons. The fourth-order valence-electron chi connectivity index (χ4n) is 3.22. The number of hydrogen-bond acceptors (Lipinski definition) is 12. The largest absolute Gasteiger partial charge is 0.497 e. The maximum absolute atomic E-state index is 13.9. The summed E-state index contributed by atoms with van der Waals surface area (Å²) in [5, 5.41) is 0. The van der Waals surface area contributed by atoms with Crippen LogP contribution >= 0.6 is 0 Å². The van der Waals surface area contributed by atoms with Gasteiger partial charge in [-0.1, -0.05) is 0 Å². The smallest absolute Gasteiger partial charge is 0.468 e. The lowest BCUT2D eigenvalue weighted by atomic mass is 9.97. The number of rotatable bonds is 7. The molecule has 0 aliphatic carbocycles. The standard InChI is InChI=1S/C22H24F3NO11/c1-10(27)33-15-16(34-11(2)28)18(35-12(3)29)20(36-17(15)19(30)32-5)37-21(22(23,24)25)26-13-6-8-14(31-4)9-7-13/h6-9,15-18,20H,1-5H3/t15-,16-,17+,18+,20-/m0/s1. The number of esters is 4. The molecule has 0 unspecified atom stereocenters. The number of benzene rings is 1. The zero-order chi connectivity index (χ0) is 27.9. The molecule has 1 fully saturated rings. The highest BCUT2D eigenvalue weighted by atomic mass is 19.4. The lowest BCUT2D eigenvalue weighted by Gasteiger charge is -2.43. The quantitative estimate of drug-likeness (QED) is 0.219. The van der Waals surface area contributed by atoms with E-state index in [0.29, 0.717) is 5.75 Å². The van der Waals surface area contributed by atoms with Gasteiger partial charge in [0.2, 0.25) is 12.4 Å². The highest BCUT2D eigenvalue weighted by Gasteiger charge is 2.57. The van der Waals surface area contributed by atoms with Crippen molar-refractivity contribution in [2.24, 2.45) is 4.99 Å². The highest BCUT2D eigenvalue weighted by molar-refractivity contribution is 5.85. The molecule has 5 atom stereocenters. The first-order valence-corrected chi connectivity index (χ1v) is 10.5. The second kappa shape index (κ2) is 12.4. The van der Waals surface area contributed by atoms with Gasteiger partial charge < -0.3 is 33.2 Å². The fraction of sp³-hybridized carbons (Fsp3) is 0.500. The van der Waals surface area contributed by atoms with E-state index in [2.05, 4.69) is 9.73 Å². The molecule has 2 rings (SSSR count). The molecule has 1 aliphatic rings. The van der Waals surface area contributed by atoms with E-state index >= 15 is 0 Å². The molecule has 15 heteroatoms. The third kappa shape index (κ3) is 8.06. The molecule has 1 aliphatic heterocycles. The molecular formula is C22H24F3NO11. The van der Waals surface area contributed by atoms with Crippen molar-refractivity contribution in [3.05, 3.63) is 24.3 Å². The maximum atomic E-state index is 13.9. The minimum atomic E-state index is -5.20. The van der Waals surface area contributed by atoms with Gasteiger partial charge >= 0.3 is 30.1 Å². The maximum Gasteiger partial charge on any atom is 0.468 e. The lowest BCUT2D eigenvalue weighted by Crippen LogP contribution is -2.64. The number of halogens is 3. The zero-order valence-corrected chi connectivity index (χ0v) is 20.3. The molecule has 1 aromatic rings. The molecule has 0 bridgehead atoms. The average molecular weight is 535 g/mol. The molecule has 1 saturated heterocycles. The van der Waals surface area contributed by atoms with Crippen LogP contribution < -0.4 is 4.74 Å². The molecule has 0 amide bonds. The molecule has 1 aromatic carbocycles. The molecular weight excluding hydrogens is 511 g/mol. The Balaban J connectivity index is 2.59. The van der Waals surface area contributed by atoms with Crippen LogP contribution in [0.15, 0.2) is 29.3 Å². The van der Waals surface area contributed by atoms with E-state index in [4.69, 9.17) is 28.4 Å². The van der Waals surface area contributed by atoms with Crippen LogP contribution in [0.2, 0.25) is 0 Å². The van der Waals surface area contributed by atoms with E-state index in [0.717, 1.165) is 27.9 Å². The lowest BCUT2D eigenvalue weighted by molar-refractivity contribution is -0.288. The van der Waals surface area contributed by atoms with Crippen molar-refractivity contribution in [2.75, 3.05) is 14.2 Å². The van der Waals surface area contributed by atoms with E-state index in [1.54, 1.807) is 0 Å². The minimum Gasteiger partial charge on any atom is -0.497 e. The van der Waals surface area contributed by atoms with Crippen molar-refractivity contribution in [1.29, 1.82) is 0 Å². The molecule has 12 nitrogen and oxygen atoms in total. The fourth-order valence-corrected chi connectivity index (χ4v) is 3.22. The second-order valence-corrected chi connectivity index (χ2v) is 7.40. The van der Waals surface area contributed by atoms with Gasteiger partial charge in [-0.3, -0.25) is 14.4 Å². The summed E-state index contributed by atoms with van der Waals surface area (Å²) in [6, 6.07) is 5.10. The topological polar surface area (TPSA) is 145 Å². The molecule has 0 saturated carbocycles. The Labute approximate surface area is 208 Å². The Morgan fingerprint density at radius 1 is 0.811 bits per heavy atom. The molecule has 1 heterocycles. The van der Waals surface area contributed by atoms with Crippen LogP contribution in [0.4, 0.5) is 18.9 Å². The third-order valence-corrected chi connectivity index (χ3v) is 4.61.